The molecule has 3 rings (SSSR count). The second-order valence-electron chi connectivity index (χ2n) is 6.25. The van der Waals surface area contributed by atoms with Crippen LogP contribution in [0.4, 0.5) is 5.69 Å². The maximum absolute atomic E-state index is 12.6. The van der Waals surface area contributed by atoms with Crippen LogP contribution in [-0.4, -0.2) is 32.6 Å². The summed E-state index contributed by atoms with van der Waals surface area (Å²) in [5, 5.41) is 4.97. The molecule has 0 aliphatic carbocycles. The number of aromatic nitrogens is 1. The fraction of sp³-hybridized carbons (Fsp3) is 0.250. The maximum atomic E-state index is 12.6. The predicted molar refractivity (Wildman–Crippen MR) is 122 cm³/mol. The zero-order chi connectivity index (χ0) is 19.3. The lowest BCUT2D eigenvalue weighted by Gasteiger charge is -2.16. The first-order valence-corrected chi connectivity index (χ1v) is 10.3. The molecule has 1 unspecified atom stereocenters. The first-order valence-electron chi connectivity index (χ1n) is 8.81. The molecule has 1 heterocycles. The number of anilines is 1. The third kappa shape index (κ3) is 6.75. The molecule has 3 aromatic rings. The highest BCUT2D eigenvalue weighted by Gasteiger charge is 2.17. The van der Waals surface area contributed by atoms with Crippen molar-refractivity contribution in [3.8, 4) is 5.75 Å². The number of halogens is 2. The summed E-state index contributed by atoms with van der Waals surface area (Å²) >= 11 is 0. The van der Waals surface area contributed by atoms with Crippen molar-refractivity contribution in [3.63, 3.8) is 0 Å². The highest BCUT2D eigenvalue weighted by atomic mass is 35.5. The zero-order valence-corrected chi connectivity index (χ0v) is 18.6. The lowest BCUT2D eigenvalue weighted by molar-refractivity contribution is 0.340. The third-order valence-corrected chi connectivity index (χ3v) is 5.64. The Kier molecular flexibility index (Phi) is 9.65. The molecule has 0 aliphatic rings. The average molecular weight is 458 g/mol. The second kappa shape index (κ2) is 11.2. The van der Waals surface area contributed by atoms with Gasteiger partial charge >= 0.3 is 0 Å². The van der Waals surface area contributed by atoms with Gasteiger partial charge in [-0.3, -0.25) is 4.98 Å². The predicted octanol–water partition coefficient (Wildman–Crippen LogP) is 4.26. The SMILES string of the molecule is CCOc1ccc(NCC(C)NS(=O)(=O)c2ccc3cnccc3c2)cc1.Cl.Cl. The maximum Gasteiger partial charge on any atom is 0.240 e. The molecule has 0 saturated carbocycles. The van der Waals surface area contributed by atoms with Crippen LogP contribution >= 0.6 is 24.8 Å². The molecule has 158 valence electrons. The van der Waals surface area contributed by atoms with Gasteiger partial charge in [0.25, 0.3) is 0 Å². The smallest absolute Gasteiger partial charge is 0.240 e. The molecule has 2 aromatic carbocycles. The summed E-state index contributed by atoms with van der Waals surface area (Å²) in [7, 11) is -3.60. The summed E-state index contributed by atoms with van der Waals surface area (Å²) in [5.41, 5.74) is 0.905. The largest absolute Gasteiger partial charge is 0.494 e. The highest BCUT2D eigenvalue weighted by molar-refractivity contribution is 7.89. The van der Waals surface area contributed by atoms with Gasteiger partial charge in [0.15, 0.2) is 0 Å². The summed E-state index contributed by atoms with van der Waals surface area (Å²) in [5.74, 6) is 0.809. The van der Waals surface area contributed by atoms with Gasteiger partial charge in [-0.25, -0.2) is 13.1 Å². The normalized spacial score (nSPS) is 11.8. The van der Waals surface area contributed by atoms with E-state index in [-0.39, 0.29) is 35.8 Å². The van der Waals surface area contributed by atoms with Crippen molar-refractivity contribution in [2.45, 2.75) is 24.8 Å². The quantitative estimate of drug-likeness (QED) is 0.528. The van der Waals surface area contributed by atoms with E-state index in [1.807, 2.05) is 38.1 Å². The minimum atomic E-state index is -3.60. The monoisotopic (exact) mass is 457 g/mol. The van der Waals surface area contributed by atoms with E-state index in [1.54, 1.807) is 36.7 Å². The molecule has 0 radical (unpaired) electrons. The van der Waals surface area contributed by atoms with Gasteiger partial charge in [-0.2, -0.15) is 0 Å². The van der Waals surface area contributed by atoms with Crippen LogP contribution in [0, 0.1) is 0 Å². The minimum absolute atomic E-state index is 0. The lowest BCUT2D eigenvalue weighted by Crippen LogP contribution is -2.37. The van der Waals surface area contributed by atoms with Gasteiger partial charge < -0.3 is 10.1 Å². The molecule has 9 heteroatoms. The van der Waals surface area contributed by atoms with Crippen LogP contribution in [0.25, 0.3) is 10.8 Å². The Morgan fingerprint density at radius 2 is 1.76 bits per heavy atom. The number of hydrogen-bond acceptors (Lipinski definition) is 5. The summed E-state index contributed by atoms with van der Waals surface area (Å²) < 4.78 is 33.4. The fourth-order valence-electron chi connectivity index (χ4n) is 2.71. The molecular weight excluding hydrogens is 433 g/mol. The van der Waals surface area contributed by atoms with Crippen molar-refractivity contribution in [2.75, 3.05) is 18.5 Å². The zero-order valence-electron chi connectivity index (χ0n) is 16.2. The van der Waals surface area contributed by atoms with Crippen LogP contribution in [0.15, 0.2) is 65.8 Å². The Labute approximate surface area is 183 Å². The van der Waals surface area contributed by atoms with Gasteiger partial charge in [-0.05, 0) is 61.7 Å². The average Bonchev–Trinajstić information content (AvgIpc) is 2.67. The number of nitrogens with zero attached hydrogens (tertiary/aromatic N) is 1. The third-order valence-electron chi connectivity index (χ3n) is 4.06. The fourth-order valence-corrected chi connectivity index (χ4v) is 3.99. The Hall–Kier alpha value is -2.06. The Morgan fingerprint density at radius 3 is 2.45 bits per heavy atom. The van der Waals surface area contributed by atoms with Crippen LogP contribution in [0.5, 0.6) is 5.75 Å². The Balaban J connectivity index is 0.00000210. The van der Waals surface area contributed by atoms with Gasteiger partial charge in [0.1, 0.15) is 5.75 Å². The molecule has 6 nitrogen and oxygen atoms in total. The molecular formula is C20H25Cl2N3O3S. The number of nitrogens with one attached hydrogen (secondary N) is 2. The van der Waals surface area contributed by atoms with Gasteiger partial charge in [-0.15, -0.1) is 24.8 Å². The molecule has 0 saturated heterocycles. The molecule has 0 aliphatic heterocycles. The standard InChI is InChI=1S/C20H23N3O3S.2ClH/c1-3-26-19-7-5-18(6-8-19)22-13-15(2)23-27(24,25)20-9-4-17-14-21-11-10-16(17)12-20;;/h4-12,14-15,22-23H,3,13H2,1-2H3;2*1H. The Morgan fingerprint density at radius 1 is 1.03 bits per heavy atom. The van der Waals surface area contributed by atoms with E-state index >= 15 is 0 Å². The molecule has 2 N–H and O–H groups in total. The molecule has 1 atom stereocenters. The van der Waals surface area contributed by atoms with Gasteiger partial charge in [-0.1, -0.05) is 6.07 Å². The number of pyridine rings is 1. The molecule has 1 aromatic heterocycles. The van der Waals surface area contributed by atoms with Crippen LogP contribution in [0.3, 0.4) is 0 Å². The van der Waals surface area contributed by atoms with Crippen molar-refractivity contribution in [3.05, 3.63) is 60.9 Å². The van der Waals surface area contributed by atoms with Gasteiger partial charge in [0, 0.05) is 36.1 Å². The summed E-state index contributed by atoms with van der Waals surface area (Å²) in [6.45, 7) is 4.85. The van der Waals surface area contributed by atoms with Crippen molar-refractivity contribution >= 4 is 51.3 Å². The van der Waals surface area contributed by atoms with Crippen LogP contribution < -0.4 is 14.8 Å². The van der Waals surface area contributed by atoms with E-state index in [0.717, 1.165) is 22.2 Å². The van der Waals surface area contributed by atoms with Crippen molar-refractivity contribution in [1.82, 2.24) is 9.71 Å². The molecule has 0 bridgehead atoms. The highest BCUT2D eigenvalue weighted by Crippen LogP contribution is 2.19. The van der Waals surface area contributed by atoms with Crippen LogP contribution in [0.2, 0.25) is 0 Å². The number of hydrogen-bond donors (Lipinski definition) is 2. The summed E-state index contributed by atoms with van der Waals surface area (Å²) in [6, 6.07) is 14.1. The van der Waals surface area contributed by atoms with E-state index in [0.29, 0.717) is 13.2 Å². The minimum Gasteiger partial charge on any atom is -0.494 e. The lowest BCUT2D eigenvalue weighted by atomic mass is 10.2. The number of rotatable bonds is 8. The van der Waals surface area contributed by atoms with Crippen molar-refractivity contribution in [2.24, 2.45) is 0 Å². The van der Waals surface area contributed by atoms with Crippen LogP contribution in [0.1, 0.15) is 13.8 Å². The summed E-state index contributed by atoms with van der Waals surface area (Å²) in [4.78, 5) is 4.29. The van der Waals surface area contributed by atoms with Crippen molar-refractivity contribution < 1.29 is 13.2 Å². The van der Waals surface area contributed by atoms with E-state index in [4.69, 9.17) is 4.74 Å². The van der Waals surface area contributed by atoms with Gasteiger partial charge in [0.05, 0.1) is 11.5 Å². The first kappa shape index (κ1) is 25.0. The first-order chi connectivity index (χ1) is 13.0. The number of benzene rings is 2. The summed E-state index contributed by atoms with van der Waals surface area (Å²) in [6.07, 6.45) is 3.36. The number of ether oxygens (including phenoxy) is 1. The van der Waals surface area contributed by atoms with E-state index < -0.39 is 10.0 Å². The van der Waals surface area contributed by atoms with Crippen molar-refractivity contribution in [1.29, 1.82) is 0 Å². The molecule has 0 fully saturated rings. The van der Waals surface area contributed by atoms with Gasteiger partial charge in [0.2, 0.25) is 10.0 Å². The topological polar surface area (TPSA) is 80.3 Å². The number of fused-ring (bicyclic) bond motifs is 1. The van der Waals surface area contributed by atoms with E-state index in [9.17, 15) is 8.42 Å². The molecule has 29 heavy (non-hydrogen) atoms. The molecule has 0 amide bonds. The Bertz CT molecular complexity index is 1010. The van der Waals surface area contributed by atoms with Crippen LogP contribution in [-0.2, 0) is 10.0 Å². The molecule has 0 spiro atoms. The number of sulfonamides is 1. The second-order valence-corrected chi connectivity index (χ2v) is 7.96. The van der Waals surface area contributed by atoms with E-state index in [1.165, 1.54) is 0 Å². The van der Waals surface area contributed by atoms with E-state index in [2.05, 4.69) is 15.0 Å².